The van der Waals surface area contributed by atoms with Crippen molar-refractivity contribution in [3.8, 4) is 17.2 Å². The molecular weight excluding hydrogens is 373 g/mol. The van der Waals surface area contributed by atoms with Gasteiger partial charge in [-0.1, -0.05) is 38.3 Å². The molecule has 5 nitrogen and oxygen atoms in total. The van der Waals surface area contributed by atoms with Crippen molar-refractivity contribution in [2.75, 3.05) is 7.11 Å². The number of alkyl halides is 2. The fourth-order valence-corrected chi connectivity index (χ4v) is 3.89. The molecule has 0 N–H and O–H groups in total. The van der Waals surface area contributed by atoms with E-state index in [-0.39, 0.29) is 11.3 Å². The van der Waals surface area contributed by atoms with Gasteiger partial charge >= 0.3 is 0 Å². The zero-order valence-corrected chi connectivity index (χ0v) is 16.8. The first-order valence-corrected chi connectivity index (χ1v) is 9.77. The van der Waals surface area contributed by atoms with Gasteiger partial charge in [0.05, 0.1) is 23.6 Å². The summed E-state index contributed by atoms with van der Waals surface area (Å²) in [5.41, 5.74) is 2.79. The van der Waals surface area contributed by atoms with Crippen LogP contribution in [0.5, 0.6) is 5.75 Å². The molecule has 0 aliphatic rings. The number of unbranched alkanes of at least 4 members (excludes halogenated alkanes) is 2. The molecule has 0 bridgehead atoms. The van der Waals surface area contributed by atoms with Gasteiger partial charge in [0, 0.05) is 18.1 Å². The SMILES string of the molecule is CCCCCC(Cl)c1c(-c2nnc(CCl)o2)c2cccc(OC)c2n1C. The van der Waals surface area contributed by atoms with Crippen LogP contribution in [0.1, 0.15) is 49.6 Å². The number of fused-ring (bicyclic) bond motifs is 1. The van der Waals surface area contributed by atoms with E-state index in [1.165, 1.54) is 0 Å². The molecule has 0 amide bonds. The number of methoxy groups -OCH3 is 1. The minimum absolute atomic E-state index is 0.162. The molecule has 3 rings (SSSR count). The third-order valence-electron chi connectivity index (χ3n) is 4.59. The summed E-state index contributed by atoms with van der Waals surface area (Å²) in [4.78, 5) is 0. The third kappa shape index (κ3) is 3.42. The number of hydrogen-bond acceptors (Lipinski definition) is 4. The normalized spacial score (nSPS) is 12.7. The van der Waals surface area contributed by atoms with E-state index < -0.39 is 0 Å². The molecule has 0 saturated carbocycles. The van der Waals surface area contributed by atoms with Crippen LogP contribution in [-0.4, -0.2) is 21.9 Å². The van der Waals surface area contributed by atoms with Crippen LogP contribution >= 0.6 is 23.2 Å². The Kier molecular flexibility index (Phi) is 6.09. The van der Waals surface area contributed by atoms with Gasteiger partial charge in [-0.15, -0.1) is 33.4 Å². The van der Waals surface area contributed by atoms with Crippen LogP contribution < -0.4 is 4.74 Å². The van der Waals surface area contributed by atoms with Crippen molar-refractivity contribution in [2.45, 2.75) is 43.9 Å². The molecule has 1 atom stereocenters. The van der Waals surface area contributed by atoms with Crippen molar-refractivity contribution in [2.24, 2.45) is 7.05 Å². The van der Waals surface area contributed by atoms with Crippen LogP contribution in [-0.2, 0) is 12.9 Å². The molecule has 140 valence electrons. The Morgan fingerprint density at radius 3 is 2.73 bits per heavy atom. The summed E-state index contributed by atoms with van der Waals surface area (Å²) in [6.07, 6.45) is 4.26. The number of halogens is 2. The molecule has 0 spiro atoms. The Morgan fingerprint density at radius 2 is 2.08 bits per heavy atom. The van der Waals surface area contributed by atoms with Crippen LogP contribution in [0.2, 0.25) is 0 Å². The van der Waals surface area contributed by atoms with Crippen molar-refractivity contribution in [1.82, 2.24) is 14.8 Å². The summed E-state index contributed by atoms with van der Waals surface area (Å²) in [5.74, 6) is 1.80. The molecule has 0 radical (unpaired) electrons. The monoisotopic (exact) mass is 395 g/mol. The van der Waals surface area contributed by atoms with Gasteiger partial charge < -0.3 is 13.7 Å². The van der Waals surface area contributed by atoms with Gasteiger partial charge in [0.25, 0.3) is 0 Å². The second kappa shape index (κ2) is 8.31. The molecule has 3 aromatic rings. The number of ether oxygens (including phenoxy) is 1. The topological polar surface area (TPSA) is 53.1 Å². The van der Waals surface area contributed by atoms with E-state index in [0.29, 0.717) is 11.8 Å². The van der Waals surface area contributed by atoms with Crippen LogP contribution in [0.4, 0.5) is 0 Å². The number of aromatic nitrogens is 3. The Labute approximate surface area is 163 Å². The summed E-state index contributed by atoms with van der Waals surface area (Å²) in [6.45, 7) is 2.18. The van der Waals surface area contributed by atoms with Gasteiger partial charge in [-0.3, -0.25) is 0 Å². The molecule has 1 aromatic carbocycles. The molecule has 1 unspecified atom stereocenters. The zero-order valence-electron chi connectivity index (χ0n) is 15.3. The van der Waals surface area contributed by atoms with Gasteiger partial charge in [-0.05, 0) is 12.5 Å². The van der Waals surface area contributed by atoms with Gasteiger partial charge in [-0.2, -0.15) is 0 Å². The molecular formula is C19H23Cl2N3O2. The van der Waals surface area contributed by atoms with Crippen molar-refractivity contribution >= 4 is 34.1 Å². The maximum absolute atomic E-state index is 6.83. The molecule has 26 heavy (non-hydrogen) atoms. The minimum Gasteiger partial charge on any atom is -0.495 e. The fraction of sp³-hybridized carbons (Fsp3) is 0.474. The number of nitrogens with zero attached hydrogens (tertiary/aromatic N) is 3. The number of rotatable bonds is 8. The second-order valence-corrected chi connectivity index (χ2v) is 7.07. The Morgan fingerprint density at radius 1 is 1.27 bits per heavy atom. The highest BCUT2D eigenvalue weighted by Crippen LogP contribution is 2.43. The van der Waals surface area contributed by atoms with Crippen molar-refractivity contribution in [3.05, 3.63) is 29.8 Å². The largest absolute Gasteiger partial charge is 0.495 e. The van der Waals surface area contributed by atoms with Gasteiger partial charge in [0.1, 0.15) is 11.6 Å². The number of hydrogen-bond donors (Lipinski definition) is 0. The lowest BCUT2D eigenvalue weighted by molar-refractivity contribution is 0.417. The smallest absolute Gasteiger partial charge is 0.250 e. The summed E-state index contributed by atoms with van der Waals surface area (Å²) in [6, 6.07) is 5.92. The van der Waals surface area contributed by atoms with Gasteiger partial charge in [0.15, 0.2) is 0 Å². The van der Waals surface area contributed by atoms with E-state index in [4.69, 9.17) is 32.4 Å². The van der Waals surface area contributed by atoms with Crippen LogP contribution in [0.15, 0.2) is 22.6 Å². The highest BCUT2D eigenvalue weighted by molar-refractivity contribution is 6.22. The first kappa shape index (κ1) is 19.1. The van der Waals surface area contributed by atoms with E-state index in [0.717, 1.165) is 53.6 Å². The van der Waals surface area contributed by atoms with Gasteiger partial charge in [0.2, 0.25) is 11.8 Å². The average Bonchev–Trinajstić information content (AvgIpc) is 3.24. The zero-order chi connectivity index (χ0) is 18.7. The summed E-state index contributed by atoms with van der Waals surface area (Å²) < 4.78 is 13.4. The second-order valence-electron chi connectivity index (χ2n) is 6.27. The van der Waals surface area contributed by atoms with E-state index in [2.05, 4.69) is 21.7 Å². The van der Waals surface area contributed by atoms with Gasteiger partial charge in [-0.25, -0.2) is 0 Å². The molecule has 0 fully saturated rings. The fourth-order valence-electron chi connectivity index (χ4n) is 3.37. The lowest BCUT2D eigenvalue weighted by atomic mass is 10.0. The Bertz CT molecular complexity index is 888. The highest BCUT2D eigenvalue weighted by Gasteiger charge is 2.27. The maximum atomic E-state index is 6.83. The quantitative estimate of drug-likeness (QED) is 0.355. The molecule has 7 heteroatoms. The van der Waals surface area contributed by atoms with Crippen LogP contribution in [0, 0.1) is 0 Å². The Hall–Kier alpha value is -1.72. The van der Waals surface area contributed by atoms with Crippen molar-refractivity contribution in [1.29, 1.82) is 0 Å². The predicted octanol–water partition coefficient (Wildman–Crippen LogP) is 5.84. The third-order valence-corrected chi connectivity index (χ3v) is 5.25. The highest BCUT2D eigenvalue weighted by atomic mass is 35.5. The summed E-state index contributed by atoms with van der Waals surface area (Å²) in [7, 11) is 3.66. The van der Waals surface area contributed by atoms with E-state index in [9.17, 15) is 0 Å². The predicted molar refractivity (Wildman–Crippen MR) is 105 cm³/mol. The Balaban J connectivity index is 2.20. The number of benzene rings is 1. The van der Waals surface area contributed by atoms with E-state index >= 15 is 0 Å². The molecule has 0 aliphatic carbocycles. The minimum atomic E-state index is -0.162. The molecule has 2 heterocycles. The number of aryl methyl sites for hydroxylation is 1. The van der Waals surface area contributed by atoms with E-state index in [1.807, 2.05) is 25.2 Å². The molecule has 0 aliphatic heterocycles. The van der Waals surface area contributed by atoms with Crippen LogP contribution in [0.25, 0.3) is 22.4 Å². The molecule has 2 aromatic heterocycles. The molecule has 0 saturated heterocycles. The number of para-hydroxylation sites is 1. The van der Waals surface area contributed by atoms with Crippen molar-refractivity contribution < 1.29 is 9.15 Å². The average molecular weight is 396 g/mol. The first-order valence-electron chi connectivity index (χ1n) is 8.80. The summed E-state index contributed by atoms with van der Waals surface area (Å²) in [5, 5.41) is 9.03. The van der Waals surface area contributed by atoms with E-state index in [1.54, 1.807) is 7.11 Å². The standard InChI is InChI=1S/C19H23Cl2N3O2/c1-4-5-6-9-13(21)18-16(19-23-22-15(11-20)26-19)12-8-7-10-14(25-3)17(12)24(18)2/h7-8,10,13H,4-6,9,11H2,1-3H3. The first-order chi connectivity index (χ1) is 12.6. The summed E-state index contributed by atoms with van der Waals surface area (Å²) >= 11 is 12.7. The van der Waals surface area contributed by atoms with Crippen molar-refractivity contribution in [3.63, 3.8) is 0 Å². The maximum Gasteiger partial charge on any atom is 0.250 e. The van der Waals surface area contributed by atoms with Crippen LogP contribution in [0.3, 0.4) is 0 Å². The lowest BCUT2D eigenvalue weighted by Gasteiger charge is -2.13. The lowest BCUT2D eigenvalue weighted by Crippen LogP contribution is -2.02.